The molecule has 3 N–H and O–H groups in total. The van der Waals surface area contributed by atoms with E-state index in [4.69, 9.17) is 5.11 Å². The monoisotopic (exact) mass is 309 g/mol. The topological polar surface area (TPSA) is 112 Å². The second-order valence-electron chi connectivity index (χ2n) is 4.55. The first-order chi connectivity index (χ1) is 9.83. The van der Waals surface area contributed by atoms with Crippen LogP contribution in [0.15, 0.2) is 35.5 Å². The van der Waals surface area contributed by atoms with Gasteiger partial charge in [-0.2, -0.15) is 0 Å². The maximum Gasteiger partial charge on any atom is 0.335 e. The summed E-state index contributed by atoms with van der Waals surface area (Å²) in [4.78, 5) is 17.8. The van der Waals surface area contributed by atoms with Crippen molar-refractivity contribution >= 4 is 16.0 Å². The van der Waals surface area contributed by atoms with Crippen molar-refractivity contribution in [2.45, 2.75) is 24.8 Å². The third-order valence-corrected chi connectivity index (χ3v) is 4.75. The van der Waals surface area contributed by atoms with Crippen molar-refractivity contribution in [1.82, 2.24) is 14.7 Å². The van der Waals surface area contributed by atoms with Crippen molar-refractivity contribution in [3.8, 4) is 0 Å². The summed E-state index contributed by atoms with van der Waals surface area (Å²) in [5.74, 6) is -0.686. The number of carboxylic acids is 1. The van der Waals surface area contributed by atoms with Crippen LogP contribution in [0.25, 0.3) is 0 Å². The van der Waals surface area contributed by atoms with Gasteiger partial charge in [-0.05, 0) is 31.5 Å². The lowest BCUT2D eigenvalue weighted by Crippen LogP contribution is -2.28. The zero-order chi connectivity index (χ0) is 15.6. The SMILES string of the molecule is Cc1c(C(=O)O)cccc1S(=O)(=O)NC(C)c1ncc[nH]1. The van der Waals surface area contributed by atoms with Crippen LogP contribution in [0.5, 0.6) is 0 Å². The molecule has 1 unspecified atom stereocenters. The standard InChI is InChI=1S/C13H15N3O4S/c1-8-10(13(17)18)4-3-5-11(8)21(19,20)16-9(2)12-14-6-7-15-12/h3-7,9,16H,1-2H3,(H,14,15)(H,17,18). The van der Waals surface area contributed by atoms with Gasteiger partial charge in [0.2, 0.25) is 10.0 Å². The second kappa shape index (κ2) is 5.66. The molecule has 2 rings (SSSR count). The molecule has 1 atom stereocenters. The summed E-state index contributed by atoms with van der Waals surface area (Å²) < 4.78 is 27.2. The van der Waals surface area contributed by atoms with Gasteiger partial charge in [0.25, 0.3) is 0 Å². The van der Waals surface area contributed by atoms with Gasteiger partial charge in [0.05, 0.1) is 16.5 Å². The zero-order valence-electron chi connectivity index (χ0n) is 11.5. The van der Waals surface area contributed by atoms with Gasteiger partial charge in [-0.25, -0.2) is 22.9 Å². The van der Waals surface area contributed by atoms with Crippen LogP contribution in [0, 0.1) is 6.92 Å². The van der Waals surface area contributed by atoms with Gasteiger partial charge in [-0.15, -0.1) is 0 Å². The Balaban J connectivity index is 2.36. The summed E-state index contributed by atoms with van der Waals surface area (Å²) in [6.07, 6.45) is 3.12. The molecule has 0 bridgehead atoms. The molecule has 1 heterocycles. The molecule has 1 aromatic heterocycles. The van der Waals surface area contributed by atoms with Crippen molar-refractivity contribution in [2.75, 3.05) is 0 Å². The highest BCUT2D eigenvalue weighted by molar-refractivity contribution is 7.89. The van der Waals surface area contributed by atoms with Gasteiger partial charge in [0, 0.05) is 12.4 Å². The molecule has 0 aliphatic heterocycles. The van der Waals surface area contributed by atoms with E-state index in [-0.39, 0.29) is 16.0 Å². The summed E-state index contributed by atoms with van der Waals surface area (Å²) in [6.45, 7) is 3.11. The van der Waals surface area contributed by atoms with Crippen molar-refractivity contribution in [2.24, 2.45) is 0 Å². The average molecular weight is 309 g/mol. The van der Waals surface area contributed by atoms with Crippen LogP contribution >= 0.6 is 0 Å². The Morgan fingerprint density at radius 1 is 1.43 bits per heavy atom. The molecule has 2 aromatic rings. The number of nitrogens with one attached hydrogen (secondary N) is 2. The first-order valence-corrected chi connectivity index (χ1v) is 7.66. The minimum absolute atomic E-state index is 0.0384. The van der Waals surface area contributed by atoms with Crippen LogP contribution in [-0.4, -0.2) is 29.5 Å². The minimum Gasteiger partial charge on any atom is -0.478 e. The van der Waals surface area contributed by atoms with E-state index < -0.39 is 22.0 Å². The number of H-pyrrole nitrogens is 1. The van der Waals surface area contributed by atoms with Gasteiger partial charge in [0.1, 0.15) is 5.82 Å². The van der Waals surface area contributed by atoms with Crippen LogP contribution in [0.4, 0.5) is 0 Å². The smallest absolute Gasteiger partial charge is 0.335 e. The van der Waals surface area contributed by atoms with E-state index in [1.54, 1.807) is 13.1 Å². The average Bonchev–Trinajstić information content (AvgIpc) is 2.91. The maximum atomic E-state index is 12.4. The van der Waals surface area contributed by atoms with Gasteiger partial charge >= 0.3 is 5.97 Å². The number of nitrogens with zero attached hydrogens (tertiary/aromatic N) is 1. The number of sulfonamides is 1. The third-order valence-electron chi connectivity index (χ3n) is 3.07. The largest absolute Gasteiger partial charge is 0.478 e. The molecule has 0 radical (unpaired) electrons. The minimum atomic E-state index is -3.85. The van der Waals surface area contributed by atoms with E-state index >= 15 is 0 Å². The van der Waals surface area contributed by atoms with Crippen LogP contribution in [0.3, 0.4) is 0 Å². The summed E-state index contributed by atoms with van der Waals surface area (Å²) in [5, 5.41) is 9.06. The highest BCUT2D eigenvalue weighted by Crippen LogP contribution is 2.21. The number of hydrogen-bond acceptors (Lipinski definition) is 4. The predicted octanol–water partition coefficient (Wildman–Crippen LogP) is 1.46. The molecule has 0 aliphatic carbocycles. The lowest BCUT2D eigenvalue weighted by atomic mass is 10.1. The quantitative estimate of drug-likeness (QED) is 0.774. The van der Waals surface area contributed by atoms with Crippen LogP contribution in [0.2, 0.25) is 0 Å². The van der Waals surface area contributed by atoms with Gasteiger partial charge in [-0.3, -0.25) is 0 Å². The molecule has 7 nitrogen and oxygen atoms in total. The molecule has 0 saturated carbocycles. The first kappa shape index (κ1) is 15.2. The Bertz CT molecular complexity index is 754. The fraction of sp³-hybridized carbons (Fsp3) is 0.231. The molecule has 0 spiro atoms. The third kappa shape index (κ3) is 3.11. The lowest BCUT2D eigenvalue weighted by molar-refractivity contribution is 0.0696. The molecule has 0 saturated heterocycles. The van der Waals surface area contributed by atoms with E-state index in [1.807, 2.05) is 0 Å². The number of carboxylic acid groups (broad SMARTS) is 1. The van der Waals surface area contributed by atoms with Crippen LogP contribution < -0.4 is 4.72 Å². The second-order valence-corrected chi connectivity index (χ2v) is 6.23. The zero-order valence-corrected chi connectivity index (χ0v) is 12.3. The van der Waals surface area contributed by atoms with Crippen molar-refractivity contribution < 1.29 is 18.3 Å². The molecule has 0 amide bonds. The lowest BCUT2D eigenvalue weighted by Gasteiger charge is -2.14. The predicted molar refractivity (Wildman–Crippen MR) is 75.5 cm³/mol. The molecule has 0 aliphatic rings. The summed E-state index contributed by atoms with van der Waals surface area (Å²) in [6, 6.07) is 3.59. The van der Waals surface area contributed by atoms with Crippen molar-refractivity contribution in [3.05, 3.63) is 47.5 Å². The van der Waals surface area contributed by atoms with Crippen LogP contribution in [-0.2, 0) is 10.0 Å². The van der Waals surface area contributed by atoms with E-state index in [0.717, 1.165) is 0 Å². The molecular formula is C13H15N3O4S. The normalized spacial score (nSPS) is 13.0. The number of rotatable bonds is 5. The highest BCUT2D eigenvalue weighted by atomic mass is 32.2. The number of aromatic nitrogens is 2. The Labute approximate surface area is 122 Å². The van der Waals surface area contributed by atoms with E-state index in [1.165, 1.54) is 31.3 Å². The number of aromatic carboxylic acids is 1. The highest BCUT2D eigenvalue weighted by Gasteiger charge is 2.23. The van der Waals surface area contributed by atoms with Crippen LogP contribution in [0.1, 0.15) is 34.7 Å². The van der Waals surface area contributed by atoms with Crippen molar-refractivity contribution in [1.29, 1.82) is 0 Å². The molecular weight excluding hydrogens is 294 g/mol. The first-order valence-electron chi connectivity index (χ1n) is 6.17. The molecule has 21 heavy (non-hydrogen) atoms. The summed E-state index contributed by atoms with van der Waals surface area (Å²) >= 11 is 0. The Hall–Kier alpha value is -2.19. The molecule has 8 heteroatoms. The number of imidazole rings is 1. The number of benzene rings is 1. The maximum absolute atomic E-state index is 12.4. The fourth-order valence-corrected chi connectivity index (χ4v) is 3.48. The number of carbonyl (C=O) groups is 1. The summed E-state index contributed by atoms with van der Waals surface area (Å²) in [5.41, 5.74) is 0.160. The molecule has 1 aromatic carbocycles. The number of aromatic amines is 1. The van der Waals surface area contributed by atoms with E-state index in [0.29, 0.717) is 5.82 Å². The molecule has 0 fully saturated rings. The fourth-order valence-electron chi connectivity index (χ4n) is 2.00. The van der Waals surface area contributed by atoms with E-state index in [2.05, 4.69) is 14.7 Å². The van der Waals surface area contributed by atoms with Gasteiger partial charge in [-0.1, -0.05) is 6.07 Å². The van der Waals surface area contributed by atoms with Gasteiger partial charge < -0.3 is 10.1 Å². The number of hydrogen-bond donors (Lipinski definition) is 3. The Morgan fingerprint density at radius 2 is 2.14 bits per heavy atom. The Kier molecular flexibility index (Phi) is 4.10. The van der Waals surface area contributed by atoms with E-state index in [9.17, 15) is 13.2 Å². The molecule has 112 valence electrons. The van der Waals surface area contributed by atoms with Crippen molar-refractivity contribution in [3.63, 3.8) is 0 Å². The van der Waals surface area contributed by atoms with Gasteiger partial charge in [0.15, 0.2) is 0 Å². The summed E-state index contributed by atoms with van der Waals surface area (Å²) in [7, 11) is -3.85. The Morgan fingerprint density at radius 3 is 2.71 bits per heavy atom.